The van der Waals surface area contributed by atoms with Gasteiger partial charge in [0.05, 0.1) is 6.20 Å². The van der Waals surface area contributed by atoms with Crippen LogP contribution in [-0.4, -0.2) is 14.8 Å². The van der Waals surface area contributed by atoms with Gasteiger partial charge >= 0.3 is 0 Å². The number of rotatable bonds is 3. The number of hydrogen-bond donors (Lipinski definition) is 1. The van der Waals surface area contributed by atoms with Gasteiger partial charge in [-0.1, -0.05) is 30.9 Å². The number of nitrogens with zero attached hydrogens (tertiary/aromatic N) is 3. The normalized spacial score (nSPS) is 16.4. The molecular formula is C15H19ClN4. The van der Waals surface area contributed by atoms with Crippen LogP contribution in [0.4, 0.5) is 5.82 Å². The van der Waals surface area contributed by atoms with E-state index in [0.717, 1.165) is 23.6 Å². The van der Waals surface area contributed by atoms with E-state index in [4.69, 9.17) is 17.3 Å². The molecule has 0 saturated heterocycles. The average molecular weight is 291 g/mol. The first-order valence-electron chi connectivity index (χ1n) is 7.16. The molecule has 0 bridgehead atoms. The summed E-state index contributed by atoms with van der Waals surface area (Å²) >= 11 is 5.94. The van der Waals surface area contributed by atoms with Crippen molar-refractivity contribution < 1.29 is 0 Å². The summed E-state index contributed by atoms with van der Waals surface area (Å²) in [4.78, 5) is 3.98. The maximum absolute atomic E-state index is 5.94. The molecule has 5 heteroatoms. The Bertz CT molecular complexity index is 567. The molecule has 2 aromatic heterocycles. The number of hydrogen-bond acceptors (Lipinski definition) is 3. The lowest BCUT2D eigenvalue weighted by Gasteiger charge is -2.21. The largest absolute Gasteiger partial charge is 0.384 e. The smallest absolute Gasteiger partial charge is 0.132 e. The molecule has 0 radical (unpaired) electrons. The Hall–Kier alpha value is -1.55. The fourth-order valence-corrected chi connectivity index (χ4v) is 3.15. The van der Waals surface area contributed by atoms with Crippen molar-refractivity contribution in [3.8, 4) is 11.1 Å². The first-order chi connectivity index (χ1) is 9.70. The fourth-order valence-electron chi connectivity index (χ4n) is 2.93. The number of nitrogens with two attached hydrogens (primary N) is 1. The van der Waals surface area contributed by atoms with Gasteiger partial charge in [-0.2, -0.15) is 5.10 Å². The van der Waals surface area contributed by atoms with E-state index in [1.54, 1.807) is 0 Å². The molecule has 20 heavy (non-hydrogen) atoms. The van der Waals surface area contributed by atoms with Gasteiger partial charge in [-0.25, -0.2) is 4.98 Å². The van der Waals surface area contributed by atoms with Crippen molar-refractivity contribution in [1.82, 2.24) is 14.8 Å². The molecule has 0 spiro atoms. The van der Waals surface area contributed by atoms with Crippen molar-refractivity contribution in [3.05, 3.63) is 29.7 Å². The van der Waals surface area contributed by atoms with Crippen LogP contribution < -0.4 is 5.73 Å². The zero-order valence-corrected chi connectivity index (χ0v) is 12.2. The molecule has 3 rings (SSSR count). The lowest BCUT2D eigenvalue weighted by molar-refractivity contribution is 0.308. The van der Waals surface area contributed by atoms with Crippen LogP contribution in [0.15, 0.2) is 24.5 Å². The number of nitrogen functional groups attached to an aromatic ring is 1. The van der Waals surface area contributed by atoms with Crippen LogP contribution in [0.3, 0.4) is 0 Å². The molecule has 106 valence electrons. The summed E-state index contributed by atoms with van der Waals surface area (Å²) in [7, 11) is 0. The van der Waals surface area contributed by atoms with Crippen molar-refractivity contribution in [2.75, 3.05) is 5.73 Å². The summed E-state index contributed by atoms with van der Waals surface area (Å²) < 4.78 is 2.04. The van der Waals surface area contributed by atoms with E-state index in [0.29, 0.717) is 11.0 Å². The highest BCUT2D eigenvalue weighted by Gasteiger charge is 2.14. The second-order valence-electron chi connectivity index (χ2n) is 5.56. The minimum atomic E-state index is 0.417. The van der Waals surface area contributed by atoms with Gasteiger partial charge in [-0.15, -0.1) is 0 Å². The maximum Gasteiger partial charge on any atom is 0.132 e. The number of halogens is 1. The number of aromatic nitrogens is 3. The molecule has 2 N–H and O–H groups in total. The summed E-state index contributed by atoms with van der Waals surface area (Å²) in [6.07, 6.45) is 10.7. The van der Waals surface area contributed by atoms with E-state index in [2.05, 4.69) is 16.3 Å². The Kier molecular flexibility index (Phi) is 3.92. The van der Waals surface area contributed by atoms with E-state index >= 15 is 0 Å². The lowest BCUT2D eigenvalue weighted by Crippen LogP contribution is -2.14. The molecular weight excluding hydrogens is 272 g/mol. The Morgan fingerprint density at radius 2 is 2.00 bits per heavy atom. The topological polar surface area (TPSA) is 56.7 Å². The van der Waals surface area contributed by atoms with E-state index in [1.165, 1.54) is 32.1 Å². The van der Waals surface area contributed by atoms with E-state index in [9.17, 15) is 0 Å². The summed E-state index contributed by atoms with van der Waals surface area (Å²) in [5.41, 5.74) is 7.74. The molecule has 0 amide bonds. The molecule has 1 aliphatic rings. The SMILES string of the molecule is Nc1cc(-c2cnn(CC3CCCCC3)c2)cc(Cl)n1. The van der Waals surface area contributed by atoms with Crippen LogP contribution in [0.25, 0.3) is 11.1 Å². The molecule has 0 aromatic carbocycles. The summed E-state index contributed by atoms with van der Waals surface area (Å²) in [5, 5.41) is 4.88. The minimum absolute atomic E-state index is 0.417. The van der Waals surface area contributed by atoms with Crippen LogP contribution in [0, 0.1) is 5.92 Å². The highest BCUT2D eigenvalue weighted by molar-refractivity contribution is 6.29. The molecule has 0 unspecified atom stereocenters. The summed E-state index contributed by atoms with van der Waals surface area (Å²) in [6.45, 7) is 1.01. The zero-order chi connectivity index (χ0) is 13.9. The highest BCUT2D eigenvalue weighted by Crippen LogP contribution is 2.27. The highest BCUT2D eigenvalue weighted by atomic mass is 35.5. The van der Waals surface area contributed by atoms with E-state index < -0.39 is 0 Å². The fraction of sp³-hybridized carbons (Fsp3) is 0.467. The lowest BCUT2D eigenvalue weighted by atomic mass is 9.89. The maximum atomic E-state index is 5.94. The molecule has 2 heterocycles. The zero-order valence-electron chi connectivity index (χ0n) is 11.4. The second-order valence-corrected chi connectivity index (χ2v) is 5.95. The number of pyridine rings is 1. The predicted molar refractivity (Wildman–Crippen MR) is 81.5 cm³/mol. The standard InChI is InChI=1S/C15H19ClN4/c16-14-6-12(7-15(17)19-14)13-8-18-20(10-13)9-11-4-2-1-3-5-11/h6-8,10-11H,1-5,9H2,(H2,17,19). The Morgan fingerprint density at radius 3 is 2.75 bits per heavy atom. The van der Waals surface area contributed by atoms with Crippen LogP contribution in [-0.2, 0) is 6.54 Å². The number of anilines is 1. The average Bonchev–Trinajstić information content (AvgIpc) is 2.87. The summed E-state index contributed by atoms with van der Waals surface area (Å²) in [6, 6.07) is 3.65. The van der Waals surface area contributed by atoms with Crippen molar-refractivity contribution >= 4 is 17.4 Å². The van der Waals surface area contributed by atoms with Crippen molar-refractivity contribution in [3.63, 3.8) is 0 Å². The minimum Gasteiger partial charge on any atom is -0.384 e. The van der Waals surface area contributed by atoms with Crippen molar-refractivity contribution in [2.24, 2.45) is 5.92 Å². The Balaban J connectivity index is 1.75. The Labute approximate surface area is 124 Å². The quantitative estimate of drug-likeness (QED) is 0.876. The van der Waals surface area contributed by atoms with Crippen LogP contribution in [0.1, 0.15) is 32.1 Å². The summed E-state index contributed by atoms with van der Waals surface area (Å²) in [5.74, 6) is 1.20. The molecule has 4 nitrogen and oxygen atoms in total. The van der Waals surface area contributed by atoms with Gasteiger partial charge in [-0.3, -0.25) is 4.68 Å². The van der Waals surface area contributed by atoms with Gasteiger partial charge < -0.3 is 5.73 Å². The third kappa shape index (κ3) is 3.12. The van der Waals surface area contributed by atoms with Gasteiger partial charge in [-0.05, 0) is 36.5 Å². The van der Waals surface area contributed by atoms with Gasteiger partial charge in [0.25, 0.3) is 0 Å². The van der Waals surface area contributed by atoms with E-state index in [-0.39, 0.29) is 0 Å². The van der Waals surface area contributed by atoms with Gasteiger partial charge in [0, 0.05) is 18.3 Å². The Morgan fingerprint density at radius 1 is 1.20 bits per heavy atom. The van der Waals surface area contributed by atoms with Crippen LogP contribution in [0.2, 0.25) is 5.15 Å². The second kappa shape index (κ2) is 5.83. The molecule has 1 aliphatic carbocycles. The van der Waals surface area contributed by atoms with Crippen molar-refractivity contribution in [2.45, 2.75) is 38.6 Å². The van der Waals surface area contributed by atoms with Gasteiger partial charge in [0.15, 0.2) is 0 Å². The molecule has 1 saturated carbocycles. The van der Waals surface area contributed by atoms with Crippen LogP contribution in [0.5, 0.6) is 0 Å². The van der Waals surface area contributed by atoms with Gasteiger partial charge in [0.2, 0.25) is 0 Å². The van der Waals surface area contributed by atoms with Gasteiger partial charge in [0.1, 0.15) is 11.0 Å². The first kappa shape index (κ1) is 13.4. The van der Waals surface area contributed by atoms with Crippen LogP contribution >= 0.6 is 11.6 Å². The first-order valence-corrected chi connectivity index (χ1v) is 7.54. The third-order valence-electron chi connectivity index (χ3n) is 3.95. The molecule has 1 fully saturated rings. The van der Waals surface area contributed by atoms with Crippen molar-refractivity contribution in [1.29, 1.82) is 0 Å². The molecule has 0 aliphatic heterocycles. The predicted octanol–water partition coefficient (Wildman–Crippen LogP) is 3.76. The third-order valence-corrected chi connectivity index (χ3v) is 4.14. The monoisotopic (exact) mass is 290 g/mol. The molecule has 0 atom stereocenters. The molecule has 2 aromatic rings. The van der Waals surface area contributed by atoms with E-state index in [1.807, 2.05) is 23.0 Å².